The normalized spacial score (nSPS) is 20.8. The van der Waals surface area contributed by atoms with Gasteiger partial charge in [-0.1, -0.05) is 6.07 Å². The fraction of sp³-hybridized carbons (Fsp3) is 0.571. The molecule has 1 aromatic carbocycles. The molecule has 0 radical (unpaired) electrons. The maximum atomic E-state index is 13.0. The minimum Gasteiger partial charge on any atom is -0.398 e. The van der Waals surface area contributed by atoms with E-state index in [1.54, 1.807) is 6.07 Å². The average molecular weight is 251 g/mol. The summed E-state index contributed by atoms with van der Waals surface area (Å²) >= 11 is 0. The number of benzene rings is 1. The van der Waals surface area contributed by atoms with Crippen LogP contribution >= 0.6 is 0 Å². The Labute approximate surface area is 108 Å². The lowest BCUT2D eigenvalue weighted by Crippen LogP contribution is -2.37. The standard InChI is InChI=1S/C14H22FN3/c1-17(2)10-13-4-3-7-18(13)9-11-5-6-12(15)8-14(11)16/h5-6,8,13H,3-4,7,9-10,16H2,1-2H3. The van der Waals surface area contributed by atoms with Crippen LogP contribution in [0.5, 0.6) is 0 Å². The van der Waals surface area contributed by atoms with E-state index in [2.05, 4.69) is 23.9 Å². The first-order valence-electron chi connectivity index (χ1n) is 6.49. The SMILES string of the molecule is CN(C)CC1CCCN1Cc1ccc(F)cc1N. The Kier molecular flexibility index (Phi) is 4.19. The lowest BCUT2D eigenvalue weighted by molar-refractivity contribution is 0.201. The Morgan fingerprint density at radius 3 is 2.89 bits per heavy atom. The van der Waals surface area contributed by atoms with E-state index in [-0.39, 0.29) is 5.82 Å². The van der Waals surface area contributed by atoms with E-state index in [0.717, 1.165) is 25.2 Å². The second kappa shape index (κ2) is 5.67. The van der Waals surface area contributed by atoms with Crippen molar-refractivity contribution in [3.05, 3.63) is 29.6 Å². The second-order valence-corrected chi connectivity index (χ2v) is 5.37. The molecule has 1 aliphatic heterocycles. The molecule has 1 aromatic rings. The van der Waals surface area contributed by atoms with E-state index in [1.807, 2.05) is 0 Å². The molecule has 1 fully saturated rings. The van der Waals surface area contributed by atoms with Crippen LogP contribution in [0.25, 0.3) is 0 Å². The van der Waals surface area contributed by atoms with Gasteiger partial charge in [-0.05, 0) is 51.2 Å². The van der Waals surface area contributed by atoms with Crippen molar-refractivity contribution in [1.29, 1.82) is 0 Å². The molecule has 0 aliphatic carbocycles. The lowest BCUT2D eigenvalue weighted by atomic mass is 10.1. The first-order chi connectivity index (χ1) is 8.56. The van der Waals surface area contributed by atoms with Crippen molar-refractivity contribution >= 4 is 5.69 Å². The van der Waals surface area contributed by atoms with Gasteiger partial charge in [-0.25, -0.2) is 4.39 Å². The van der Waals surface area contributed by atoms with Gasteiger partial charge in [-0.3, -0.25) is 4.90 Å². The third kappa shape index (κ3) is 3.21. The topological polar surface area (TPSA) is 32.5 Å². The highest BCUT2D eigenvalue weighted by atomic mass is 19.1. The van der Waals surface area contributed by atoms with Gasteiger partial charge in [0, 0.05) is 24.8 Å². The largest absolute Gasteiger partial charge is 0.398 e. The number of likely N-dealkylation sites (tertiary alicyclic amines) is 1. The number of anilines is 1. The van der Waals surface area contributed by atoms with Gasteiger partial charge in [0.15, 0.2) is 0 Å². The number of rotatable bonds is 4. The third-order valence-electron chi connectivity index (χ3n) is 3.56. The number of hydrogen-bond acceptors (Lipinski definition) is 3. The van der Waals surface area contributed by atoms with Crippen molar-refractivity contribution in [2.75, 3.05) is 32.9 Å². The van der Waals surface area contributed by atoms with E-state index in [1.165, 1.54) is 25.0 Å². The van der Waals surface area contributed by atoms with Crippen molar-refractivity contribution in [2.45, 2.75) is 25.4 Å². The maximum absolute atomic E-state index is 13.0. The molecule has 2 N–H and O–H groups in total. The van der Waals surface area contributed by atoms with Gasteiger partial charge in [0.1, 0.15) is 5.82 Å². The number of nitrogens with zero attached hydrogens (tertiary/aromatic N) is 2. The summed E-state index contributed by atoms with van der Waals surface area (Å²) in [6, 6.07) is 5.29. The summed E-state index contributed by atoms with van der Waals surface area (Å²) in [6.45, 7) is 3.00. The zero-order chi connectivity index (χ0) is 13.1. The van der Waals surface area contributed by atoms with E-state index < -0.39 is 0 Å². The Bertz CT molecular complexity index is 406. The zero-order valence-corrected chi connectivity index (χ0v) is 11.2. The minimum atomic E-state index is -0.262. The van der Waals surface area contributed by atoms with Gasteiger partial charge >= 0.3 is 0 Å². The monoisotopic (exact) mass is 251 g/mol. The highest BCUT2D eigenvalue weighted by Gasteiger charge is 2.25. The number of nitrogen functional groups attached to an aromatic ring is 1. The fourth-order valence-corrected chi connectivity index (χ4v) is 2.66. The first kappa shape index (κ1) is 13.3. The molecule has 2 rings (SSSR count). The smallest absolute Gasteiger partial charge is 0.125 e. The Morgan fingerprint density at radius 1 is 1.44 bits per heavy atom. The van der Waals surface area contributed by atoms with E-state index in [9.17, 15) is 4.39 Å². The Hall–Kier alpha value is -1.13. The summed E-state index contributed by atoms with van der Waals surface area (Å²) in [5.74, 6) is -0.262. The van der Waals surface area contributed by atoms with Crippen molar-refractivity contribution in [1.82, 2.24) is 9.80 Å². The van der Waals surface area contributed by atoms with Crippen LogP contribution in [0.2, 0.25) is 0 Å². The van der Waals surface area contributed by atoms with Gasteiger partial charge in [-0.15, -0.1) is 0 Å². The van der Waals surface area contributed by atoms with Crippen LogP contribution in [-0.2, 0) is 6.54 Å². The molecule has 100 valence electrons. The molecule has 1 atom stereocenters. The van der Waals surface area contributed by atoms with Gasteiger partial charge < -0.3 is 10.6 Å². The Morgan fingerprint density at radius 2 is 2.22 bits per heavy atom. The number of halogens is 1. The van der Waals surface area contributed by atoms with Gasteiger partial charge in [0.2, 0.25) is 0 Å². The summed E-state index contributed by atoms with van der Waals surface area (Å²) in [4.78, 5) is 4.67. The van der Waals surface area contributed by atoms with E-state index in [4.69, 9.17) is 5.73 Å². The van der Waals surface area contributed by atoms with E-state index in [0.29, 0.717) is 11.7 Å². The van der Waals surface area contributed by atoms with Gasteiger partial charge in [-0.2, -0.15) is 0 Å². The highest BCUT2D eigenvalue weighted by Crippen LogP contribution is 2.23. The number of nitrogens with two attached hydrogens (primary N) is 1. The number of hydrogen-bond donors (Lipinski definition) is 1. The molecule has 3 nitrogen and oxygen atoms in total. The average Bonchev–Trinajstić information content (AvgIpc) is 2.69. The minimum absolute atomic E-state index is 0.262. The predicted molar refractivity (Wildman–Crippen MR) is 72.8 cm³/mol. The summed E-state index contributed by atoms with van der Waals surface area (Å²) in [5.41, 5.74) is 7.46. The third-order valence-corrected chi connectivity index (χ3v) is 3.56. The van der Waals surface area contributed by atoms with E-state index >= 15 is 0 Å². The molecule has 18 heavy (non-hydrogen) atoms. The molecule has 0 spiro atoms. The molecule has 1 aliphatic rings. The number of likely N-dealkylation sites (N-methyl/N-ethyl adjacent to an activating group) is 1. The maximum Gasteiger partial charge on any atom is 0.125 e. The summed E-state index contributed by atoms with van der Waals surface area (Å²) in [7, 11) is 4.20. The van der Waals surface area contributed by atoms with Gasteiger partial charge in [0.05, 0.1) is 0 Å². The molecule has 1 heterocycles. The van der Waals surface area contributed by atoms with Crippen LogP contribution in [0.15, 0.2) is 18.2 Å². The molecular formula is C14H22FN3. The van der Waals surface area contributed by atoms with Crippen LogP contribution in [0.1, 0.15) is 18.4 Å². The van der Waals surface area contributed by atoms with Crippen LogP contribution in [0.4, 0.5) is 10.1 Å². The van der Waals surface area contributed by atoms with Crippen LogP contribution in [-0.4, -0.2) is 43.0 Å². The fourth-order valence-electron chi connectivity index (χ4n) is 2.66. The Balaban J connectivity index is 2.03. The summed E-state index contributed by atoms with van der Waals surface area (Å²) in [5, 5.41) is 0. The first-order valence-corrected chi connectivity index (χ1v) is 6.49. The highest BCUT2D eigenvalue weighted by molar-refractivity contribution is 5.46. The molecule has 0 aromatic heterocycles. The molecule has 0 bridgehead atoms. The van der Waals surface area contributed by atoms with Crippen molar-refractivity contribution in [3.63, 3.8) is 0 Å². The molecule has 0 amide bonds. The molecule has 1 saturated heterocycles. The quantitative estimate of drug-likeness (QED) is 0.830. The molecule has 4 heteroatoms. The molecule has 1 unspecified atom stereocenters. The van der Waals surface area contributed by atoms with Crippen molar-refractivity contribution in [2.24, 2.45) is 0 Å². The van der Waals surface area contributed by atoms with Crippen molar-refractivity contribution < 1.29 is 4.39 Å². The second-order valence-electron chi connectivity index (χ2n) is 5.37. The van der Waals surface area contributed by atoms with Crippen LogP contribution in [0, 0.1) is 5.82 Å². The van der Waals surface area contributed by atoms with Crippen LogP contribution in [0.3, 0.4) is 0 Å². The zero-order valence-electron chi connectivity index (χ0n) is 11.2. The summed E-state index contributed by atoms with van der Waals surface area (Å²) < 4.78 is 13.0. The predicted octanol–water partition coefficient (Wildman–Crippen LogP) is 1.93. The lowest BCUT2D eigenvalue weighted by Gasteiger charge is -2.27. The molecule has 0 saturated carbocycles. The van der Waals surface area contributed by atoms with Crippen LogP contribution < -0.4 is 5.73 Å². The molecular weight excluding hydrogens is 229 g/mol. The summed E-state index contributed by atoms with van der Waals surface area (Å²) in [6.07, 6.45) is 2.47. The van der Waals surface area contributed by atoms with Crippen molar-refractivity contribution in [3.8, 4) is 0 Å². The van der Waals surface area contributed by atoms with Gasteiger partial charge in [0.25, 0.3) is 0 Å².